The number of hydrogen-bond donors (Lipinski definition) is 1. The zero-order valence-electron chi connectivity index (χ0n) is 11.7. The van der Waals surface area contributed by atoms with Gasteiger partial charge in [0.25, 0.3) is 11.2 Å². The fourth-order valence-electron chi connectivity index (χ4n) is 2.90. The first-order valence-corrected chi connectivity index (χ1v) is 6.96. The maximum atomic E-state index is 12.7. The van der Waals surface area contributed by atoms with Crippen LogP contribution in [-0.2, 0) is 0 Å². The Morgan fingerprint density at radius 3 is 2.95 bits per heavy atom. The number of nitrogens with zero attached hydrogens (tertiary/aromatic N) is 3. The van der Waals surface area contributed by atoms with E-state index in [-0.39, 0.29) is 17.3 Å². The molecule has 0 radical (unpaired) electrons. The van der Waals surface area contributed by atoms with E-state index in [0.29, 0.717) is 16.7 Å². The highest BCUT2D eigenvalue weighted by molar-refractivity contribution is 5.80. The van der Waals surface area contributed by atoms with Gasteiger partial charge in [0.15, 0.2) is 0 Å². The van der Waals surface area contributed by atoms with Gasteiger partial charge in [-0.25, -0.2) is 4.98 Å². The van der Waals surface area contributed by atoms with Gasteiger partial charge in [-0.15, -0.1) is 0 Å². The monoisotopic (exact) mass is 288 g/mol. The van der Waals surface area contributed by atoms with Crippen LogP contribution in [0.25, 0.3) is 10.9 Å². The van der Waals surface area contributed by atoms with Gasteiger partial charge in [-0.3, -0.25) is 19.5 Å². The van der Waals surface area contributed by atoms with Crippen molar-refractivity contribution in [1.29, 1.82) is 0 Å². The van der Waals surface area contributed by atoms with Crippen molar-refractivity contribution in [3.8, 4) is 0 Å². The third-order valence-corrected chi connectivity index (χ3v) is 3.91. The first-order chi connectivity index (χ1) is 10.1. The number of nitrogens with one attached hydrogen (secondary N) is 1. The lowest BCUT2D eigenvalue weighted by Gasteiger charge is -2.26. The van der Waals surface area contributed by atoms with Crippen molar-refractivity contribution >= 4 is 16.6 Å². The van der Waals surface area contributed by atoms with Gasteiger partial charge < -0.3 is 5.32 Å². The molecule has 7 nitrogen and oxygen atoms in total. The van der Waals surface area contributed by atoms with Gasteiger partial charge in [0.2, 0.25) is 0 Å². The number of fused-ring (bicyclic) bond motifs is 1. The van der Waals surface area contributed by atoms with Crippen molar-refractivity contribution in [2.24, 2.45) is 0 Å². The molecule has 0 amide bonds. The Balaban J connectivity index is 2.20. The van der Waals surface area contributed by atoms with Gasteiger partial charge in [0.1, 0.15) is 5.82 Å². The molecule has 1 atom stereocenters. The summed E-state index contributed by atoms with van der Waals surface area (Å²) in [7, 11) is 0. The molecule has 2 heterocycles. The molecule has 1 unspecified atom stereocenters. The van der Waals surface area contributed by atoms with E-state index in [4.69, 9.17) is 0 Å². The van der Waals surface area contributed by atoms with Crippen molar-refractivity contribution in [3.05, 3.63) is 44.5 Å². The number of nitro benzene ring substituents is 1. The lowest BCUT2D eigenvalue weighted by molar-refractivity contribution is -0.384. The molecule has 1 aliphatic rings. The molecule has 110 valence electrons. The van der Waals surface area contributed by atoms with Crippen LogP contribution in [0.1, 0.15) is 24.7 Å². The zero-order chi connectivity index (χ0) is 15.0. The molecule has 2 aromatic rings. The topological polar surface area (TPSA) is 90.1 Å². The third kappa shape index (κ3) is 2.40. The molecule has 1 N–H and O–H groups in total. The minimum atomic E-state index is -0.495. The van der Waals surface area contributed by atoms with E-state index in [0.717, 1.165) is 25.9 Å². The summed E-state index contributed by atoms with van der Waals surface area (Å²) in [5.41, 5.74) is 0.219. The Bertz CT molecular complexity index is 763. The van der Waals surface area contributed by atoms with Crippen molar-refractivity contribution in [2.75, 3.05) is 13.1 Å². The molecular formula is C14H16N4O3. The Morgan fingerprint density at radius 2 is 2.29 bits per heavy atom. The Hall–Kier alpha value is -2.28. The van der Waals surface area contributed by atoms with E-state index in [1.54, 1.807) is 11.5 Å². The molecule has 1 saturated heterocycles. The predicted octanol–water partition coefficient (Wildman–Crippen LogP) is 1.54. The molecular weight excluding hydrogens is 272 g/mol. The summed E-state index contributed by atoms with van der Waals surface area (Å²) in [4.78, 5) is 27.5. The largest absolute Gasteiger partial charge is 0.315 e. The third-order valence-electron chi connectivity index (χ3n) is 3.91. The fraction of sp³-hybridized carbons (Fsp3) is 0.429. The summed E-state index contributed by atoms with van der Waals surface area (Å²) in [6.07, 6.45) is 1.92. The second-order valence-corrected chi connectivity index (χ2v) is 5.29. The average Bonchev–Trinajstić information content (AvgIpc) is 2.48. The van der Waals surface area contributed by atoms with Crippen LogP contribution in [0.4, 0.5) is 5.69 Å². The number of aryl methyl sites for hydroxylation is 1. The van der Waals surface area contributed by atoms with E-state index < -0.39 is 4.92 Å². The number of nitro groups is 1. The van der Waals surface area contributed by atoms with Gasteiger partial charge >= 0.3 is 0 Å². The van der Waals surface area contributed by atoms with Crippen LogP contribution >= 0.6 is 0 Å². The van der Waals surface area contributed by atoms with Gasteiger partial charge in [-0.1, -0.05) is 0 Å². The Kier molecular flexibility index (Phi) is 3.42. The molecule has 0 saturated carbocycles. The molecule has 1 aromatic heterocycles. The van der Waals surface area contributed by atoms with Crippen LogP contribution in [0, 0.1) is 17.0 Å². The molecule has 0 aliphatic carbocycles. The standard InChI is InChI=1S/C14H16N4O3/c1-9-16-13-5-4-10(18(20)21)7-12(13)14(19)17(9)11-3-2-6-15-8-11/h4-5,7,11,15H,2-3,6,8H2,1H3. The average molecular weight is 288 g/mol. The highest BCUT2D eigenvalue weighted by atomic mass is 16.6. The predicted molar refractivity (Wildman–Crippen MR) is 78.5 cm³/mol. The minimum absolute atomic E-state index is 0.0578. The van der Waals surface area contributed by atoms with Crippen LogP contribution in [0.5, 0.6) is 0 Å². The van der Waals surface area contributed by atoms with Crippen molar-refractivity contribution < 1.29 is 4.92 Å². The lowest BCUT2D eigenvalue weighted by Crippen LogP contribution is -2.38. The second kappa shape index (κ2) is 5.25. The van der Waals surface area contributed by atoms with Gasteiger partial charge in [-0.05, 0) is 32.4 Å². The lowest BCUT2D eigenvalue weighted by atomic mass is 10.1. The van der Waals surface area contributed by atoms with Crippen molar-refractivity contribution in [1.82, 2.24) is 14.9 Å². The number of hydrogen-bond acceptors (Lipinski definition) is 5. The number of aromatic nitrogens is 2. The number of piperidine rings is 1. The zero-order valence-corrected chi connectivity index (χ0v) is 11.7. The van der Waals surface area contributed by atoms with E-state index in [2.05, 4.69) is 10.3 Å². The number of non-ortho nitro benzene ring substituents is 1. The summed E-state index contributed by atoms with van der Waals surface area (Å²) < 4.78 is 1.66. The SMILES string of the molecule is Cc1nc2ccc([N+](=O)[O-])cc2c(=O)n1C1CCCNC1. The molecule has 0 spiro atoms. The Morgan fingerprint density at radius 1 is 1.48 bits per heavy atom. The number of benzene rings is 1. The molecule has 3 rings (SSSR count). The van der Waals surface area contributed by atoms with Crippen LogP contribution in [-0.4, -0.2) is 27.6 Å². The molecule has 1 aliphatic heterocycles. The molecule has 1 aromatic carbocycles. The van der Waals surface area contributed by atoms with Gasteiger partial charge in [0, 0.05) is 18.7 Å². The van der Waals surface area contributed by atoms with E-state index in [9.17, 15) is 14.9 Å². The fourth-order valence-corrected chi connectivity index (χ4v) is 2.90. The number of rotatable bonds is 2. The maximum Gasteiger partial charge on any atom is 0.270 e. The highest BCUT2D eigenvalue weighted by Gasteiger charge is 2.20. The summed E-state index contributed by atoms with van der Waals surface area (Å²) >= 11 is 0. The molecule has 1 fully saturated rings. The highest BCUT2D eigenvalue weighted by Crippen LogP contribution is 2.20. The summed E-state index contributed by atoms with van der Waals surface area (Å²) in [5.74, 6) is 0.648. The minimum Gasteiger partial charge on any atom is -0.315 e. The van der Waals surface area contributed by atoms with E-state index in [1.165, 1.54) is 18.2 Å². The van der Waals surface area contributed by atoms with Gasteiger partial charge in [0.05, 0.1) is 21.9 Å². The summed E-state index contributed by atoms with van der Waals surface area (Å²) in [6.45, 7) is 3.48. The maximum absolute atomic E-state index is 12.7. The van der Waals surface area contributed by atoms with Crippen LogP contribution in [0.3, 0.4) is 0 Å². The molecule has 0 bridgehead atoms. The first-order valence-electron chi connectivity index (χ1n) is 6.96. The smallest absolute Gasteiger partial charge is 0.270 e. The van der Waals surface area contributed by atoms with Crippen LogP contribution < -0.4 is 10.9 Å². The van der Waals surface area contributed by atoms with Crippen LogP contribution in [0.15, 0.2) is 23.0 Å². The first kappa shape index (κ1) is 13.7. The normalized spacial score (nSPS) is 18.8. The van der Waals surface area contributed by atoms with E-state index in [1.807, 2.05) is 0 Å². The summed E-state index contributed by atoms with van der Waals surface area (Å²) in [5, 5.41) is 14.5. The molecule has 7 heteroatoms. The second-order valence-electron chi connectivity index (χ2n) is 5.29. The molecule has 21 heavy (non-hydrogen) atoms. The Labute approximate surface area is 120 Å². The summed E-state index contributed by atoms with van der Waals surface area (Å²) in [6, 6.07) is 4.28. The van der Waals surface area contributed by atoms with Crippen molar-refractivity contribution in [3.63, 3.8) is 0 Å². The van der Waals surface area contributed by atoms with Crippen LogP contribution in [0.2, 0.25) is 0 Å². The quantitative estimate of drug-likeness (QED) is 0.668. The van der Waals surface area contributed by atoms with Crippen molar-refractivity contribution in [2.45, 2.75) is 25.8 Å². The van der Waals surface area contributed by atoms with Gasteiger partial charge in [-0.2, -0.15) is 0 Å². The van der Waals surface area contributed by atoms with E-state index >= 15 is 0 Å².